The quantitative estimate of drug-likeness (QED) is 0.930. The van der Waals surface area contributed by atoms with Gasteiger partial charge in [-0.15, -0.1) is 11.3 Å². The highest BCUT2D eigenvalue weighted by Crippen LogP contribution is 2.32. The van der Waals surface area contributed by atoms with Crippen LogP contribution in [-0.2, 0) is 22.4 Å². The molecule has 0 bridgehead atoms. The molecule has 2 heterocycles. The number of rotatable bonds is 3. The molecule has 0 unspecified atom stereocenters. The molecule has 1 aromatic rings. The number of anilines is 1. The monoisotopic (exact) mass is 321 g/mol. The zero-order valence-electron chi connectivity index (χ0n) is 13.4. The first-order valence-electron chi connectivity index (χ1n) is 8.03. The number of amides is 2. The summed E-state index contributed by atoms with van der Waals surface area (Å²) in [5.74, 6) is 0.441. The zero-order valence-corrected chi connectivity index (χ0v) is 14.2. The van der Waals surface area contributed by atoms with E-state index in [2.05, 4.69) is 17.2 Å². The molecule has 0 aromatic carbocycles. The van der Waals surface area contributed by atoms with Crippen LogP contribution in [0.2, 0.25) is 0 Å². The summed E-state index contributed by atoms with van der Waals surface area (Å²) in [5.41, 5.74) is 1.14. The maximum atomic E-state index is 12.4. The molecule has 1 aliphatic heterocycles. The minimum absolute atomic E-state index is 0.0717. The Morgan fingerprint density at radius 2 is 2.18 bits per heavy atom. The molecule has 3 rings (SSSR count). The van der Waals surface area contributed by atoms with Crippen LogP contribution in [0.1, 0.15) is 44.2 Å². The molecule has 1 aliphatic carbocycles. The van der Waals surface area contributed by atoms with Crippen molar-refractivity contribution in [3.8, 4) is 0 Å². The lowest BCUT2D eigenvalue weighted by atomic mass is 9.93. The number of aromatic nitrogens is 1. The van der Waals surface area contributed by atoms with E-state index < -0.39 is 0 Å². The number of likely N-dealkylation sites (tertiary alicyclic amines) is 1. The van der Waals surface area contributed by atoms with Crippen molar-refractivity contribution in [2.24, 2.45) is 11.8 Å². The highest BCUT2D eigenvalue weighted by atomic mass is 32.1. The summed E-state index contributed by atoms with van der Waals surface area (Å²) in [4.78, 5) is 31.9. The fourth-order valence-electron chi connectivity index (χ4n) is 3.21. The molecule has 0 saturated carbocycles. The number of hydrogen-bond acceptors (Lipinski definition) is 4. The molecule has 1 fully saturated rings. The molecule has 2 amide bonds. The topological polar surface area (TPSA) is 62.3 Å². The van der Waals surface area contributed by atoms with Crippen LogP contribution in [0.3, 0.4) is 0 Å². The molecule has 22 heavy (non-hydrogen) atoms. The van der Waals surface area contributed by atoms with Gasteiger partial charge in [-0.2, -0.15) is 0 Å². The van der Waals surface area contributed by atoms with Gasteiger partial charge in [0.05, 0.1) is 11.6 Å². The van der Waals surface area contributed by atoms with Gasteiger partial charge in [-0.25, -0.2) is 4.98 Å². The van der Waals surface area contributed by atoms with Crippen LogP contribution in [0.25, 0.3) is 0 Å². The fourth-order valence-corrected chi connectivity index (χ4v) is 4.38. The summed E-state index contributed by atoms with van der Waals surface area (Å²) < 4.78 is 0. The maximum Gasteiger partial charge on any atom is 0.231 e. The number of carbonyl (C=O) groups excluding carboxylic acids is 2. The van der Waals surface area contributed by atoms with Crippen molar-refractivity contribution < 1.29 is 9.59 Å². The van der Waals surface area contributed by atoms with Gasteiger partial charge in [0.2, 0.25) is 11.8 Å². The summed E-state index contributed by atoms with van der Waals surface area (Å²) in [6.45, 7) is 6.73. The predicted octanol–water partition coefficient (Wildman–Crippen LogP) is 2.46. The molecule has 0 radical (unpaired) electrons. The third-order valence-corrected chi connectivity index (χ3v) is 5.60. The van der Waals surface area contributed by atoms with Gasteiger partial charge in [0, 0.05) is 23.9 Å². The predicted molar refractivity (Wildman–Crippen MR) is 86.9 cm³/mol. The van der Waals surface area contributed by atoms with E-state index in [1.807, 2.05) is 13.8 Å². The molecule has 1 saturated heterocycles. The van der Waals surface area contributed by atoms with Crippen molar-refractivity contribution in [2.45, 2.75) is 52.5 Å². The van der Waals surface area contributed by atoms with Crippen LogP contribution in [-0.4, -0.2) is 34.3 Å². The van der Waals surface area contributed by atoms with Crippen molar-refractivity contribution in [3.05, 3.63) is 10.6 Å². The minimum Gasteiger partial charge on any atom is -0.339 e. The van der Waals surface area contributed by atoms with Gasteiger partial charge in [-0.05, 0) is 39.0 Å². The van der Waals surface area contributed by atoms with Gasteiger partial charge in [-0.3, -0.25) is 9.59 Å². The summed E-state index contributed by atoms with van der Waals surface area (Å²) in [7, 11) is 0. The van der Waals surface area contributed by atoms with E-state index >= 15 is 0 Å². The van der Waals surface area contributed by atoms with E-state index in [0.717, 1.165) is 18.5 Å². The lowest BCUT2D eigenvalue weighted by molar-refractivity contribution is -0.129. The van der Waals surface area contributed by atoms with E-state index in [4.69, 9.17) is 0 Å². The number of thiazole rings is 1. The van der Waals surface area contributed by atoms with E-state index in [9.17, 15) is 9.59 Å². The van der Waals surface area contributed by atoms with Gasteiger partial charge in [0.25, 0.3) is 0 Å². The molecule has 120 valence electrons. The van der Waals surface area contributed by atoms with Crippen LogP contribution in [0.5, 0.6) is 0 Å². The average molecular weight is 321 g/mol. The van der Waals surface area contributed by atoms with Crippen molar-refractivity contribution in [3.63, 3.8) is 0 Å². The van der Waals surface area contributed by atoms with Gasteiger partial charge >= 0.3 is 0 Å². The molecular formula is C16H23N3O2S. The summed E-state index contributed by atoms with van der Waals surface area (Å²) in [6, 6.07) is 0.152. The summed E-state index contributed by atoms with van der Waals surface area (Å²) in [6.07, 6.45) is 3.55. The van der Waals surface area contributed by atoms with Crippen molar-refractivity contribution in [2.75, 3.05) is 11.9 Å². The Labute approximate surface area is 135 Å². The Balaban J connectivity index is 1.64. The van der Waals surface area contributed by atoms with Crippen LogP contribution in [0.15, 0.2) is 0 Å². The van der Waals surface area contributed by atoms with E-state index in [0.29, 0.717) is 24.0 Å². The number of nitrogens with one attached hydrogen (secondary N) is 1. The Morgan fingerprint density at radius 1 is 1.41 bits per heavy atom. The van der Waals surface area contributed by atoms with E-state index in [1.165, 1.54) is 11.3 Å². The summed E-state index contributed by atoms with van der Waals surface area (Å²) in [5, 5.41) is 3.62. The molecular weight excluding hydrogens is 298 g/mol. The second-order valence-corrected chi connectivity index (χ2v) is 7.85. The Kier molecular flexibility index (Phi) is 4.21. The lowest BCUT2D eigenvalue weighted by Crippen LogP contribution is -2.33. The van der Waals surface area contributed by atoms with Crippen molar-refractivity contribution >= 4 is 28.3 Å². The standard InChI is InChI=1S/C16H23N3O2S/c1-9(2)19-8-11(7-14(19)20)15(21)18-16-17-12-5-4-10(3)6-13(12)22-16/h9-11H,4-8H2,1-3H3,(H,17,18,21)/t10-,11+/m1/s1. The first-order chi connectivity index (χ1) is 10.4. The van der Waals surface area contributed by atoms with Crippen LogP contribution in [0.4, 0.5) is 5.13 Å². The molecule has 2 aliphatic rings. The number of aryl methyl sites for hydroxylation is 1. The first-order valence-corrected chi connectivity index (χ1v) is 8.84. The van der Waals surface area contributed by atoms with Crippen LogP contribution >= 0.6 is 11.3 Å². The average Bonchev–Trinajstić information content (AvgIpc) is 3.01. The zero-order chi connectivity index (χ0) is 15.9. The second-order valence-electron chi connectivity index (χ2n) is 6.77. The number of hydrogen-bond donors (Lipinski definition) is 1. The molecule has 1 aromatic heterocycles. The Hall–Kier alpha value is -1.43. The number of nitrogens with zero attached hydrogens (tertiary/aromatic N) is 2. The fraction of sp³-hybridized carbons (Fsp3) is 0.688. The van der Waals surface area contributed by atoms with Gasteiger partial charge in [-0.1, -0.05) is 6.92 Å². The molecule has 1 N–H and O–H groups in total. The molecule has 0 spiro atoms. The summed E-state index contributed by atoms with van der Waals surface area (Å²) >= 11 is 1.59. The van der Waals surface area contributed by atoms with Crippen LogP contribution < -0.4 is 5.32 Å². The van der Waals surface area contributed by atoms with Gasteiger partial charge in [0.15, 0.2) is 5.13 Å². The smallest absolute Gasteiger partial charge is 0.231 e. The lowest BCUT2D eigenvalue weighted by Gasteiger charge is -2.20. The van der Waals surface area contributed by atoms with Crippen molar-refractivity contribution in [1.29, 1.82) is 0 Å². The van der Waals surface area contributed by atoms with E-state index in [1.54, 1.807) is 16.2 Å². The Bertz CT molecular complexity index is 596. The molecule has 2 atom stereocenters. The molecule has 5 nitrogen and oxygen atoms in total. The van der Waals surface area contributed by atoms with Gasteiger partial charge < -0.3 is 10.2 Å². The maximum absolute atomic E-state index is 12.4. The SMILES string of the molecule is CC(C)N1C[C@@H](C(=O)Nc2nc3c(s2)C[C@H](C)CC3)CC1=O. The Morgan fingerprint density at radius 3 is 2.86 bits per heavy atom. The van der Waals surface area contributed by atoms with Gasteiger partial charge in [0.1, 0.15) is 0 Å². The minimum atomic E-state index is -0.255. The third-order valence-electron chi connectivity index (χ3n) is 4.57. The highest BCUT2D eigenvalue weighted by molar-refractivity contribution is 7.15. The highest BCUT2D eigenvalue weighted by Gasteiger charge is 2.35. The number of carbonyl (C=O) groups is 2. The second kappa shape index (κ2) is 5.99. The number of fused-ring (bicyclic) bond motifs is 1. The molecule has 6 heteroatoms. The first kappa shape index (κ1) is 15.5. The third kappa shape index (κ3) is 3.02. The van der Waals surface area contributed by atoms with Crippen LogP contribution in [0, 0.1) is 11.8 Å². The van der Waals surface area contributed by atoms with E-state index in [-0.39, 0.29) is 23.8 Å². The normalized spacial score (nSPS) is 24.7. The largest absolute Gasteiger partial charge is 0.339 e. The van der Waals surface area contributed by atoms with Crippen molar-refractivity contribution in [1.82, 2.24) is 9.88 Å².